The summed E-state index contributed by atoms with van der Waals surface area (Å²) in [6, 6.07) is 13.6. The third kappa shape index (κ3) is 3.59. The Balaban J connectivity index is 2.22. The Morgan fingerprint density at radius 3 is 2.32 bits per heavy atom. The summed E-state index contributed by atoms with van der Waals surface area (Å²) in [5.41, 5.74) is 3.03. The van der Waals surface area contributed by atoms with Gasteiger partial charge >= 0.3 is 0 Å². The van der Waals surface area contributed by atoms with Crippen molar-refractivity contribution in [1.29, 1.82) is 0 Å². The molecule has 0 heterocycles. The molecule has 3 heteroatoms. The Morgan fingerprint density at radius 2 is 1.74 bits per heavy atom. The number of hydrogen-bond acceptors (Lipinski definition) is 1. The quantitative estimate of drug-likeness (QED) is 0.818. The molecule has 100 valence electrons. The summed E-state index contributed by atoms with van der Waals surface area (Å²) in [5, 5.41) is 11.0. The van der Waals surface area contributed by atoms with E-state index in [4.69, 9.17) is 11.6 Å². The van der Waals surface area contributed by atoms with Gasteiger partial charge < -0.3 is 5.11 Å². The van der Waals surface area contributed by atoms with Crippen molar-refractivity contribution in [2.45, 2.75) is 25.9 Å². The highest BCUT2D eigenvalue weighted by Crippen LogP contribution is 2.29. The number of benzene rings is 2. The molecular weight excluding hydrogens is 324 g/mol. The number of rotatable bonds is 4. The maximum absolute atomic E-state index is 10.4. The van der Waals surface area contributed by atoms with Gasteiger partial charge in [-0.1, -0.05) is 55.3 Å². The molecule has 0 fully saturated rings. The topological polar surface area (TPSA) is 20.2 Å². The van der Waals surface area contributed by atoms with Crippen LogP contribution in [0.25, 0.3) is 0 Å². The third-order valence-electron chi connectivity index (χ3n) is 3.09. The predicted molar refractivity (Wildman–Crippen MR) is 83.7 cm³/mol. The van der Waals surface area contributed by atoms with Gasteiger partial charge in [0, 0.05) is 4.47 Å². The Labute approximate surface area is 127 Å². The summed E-state index contributed by atoms with van der Waals surface area (Å²) in [7, 11) is 0. The second-order valence-electron chi connectivity index (χ2n) is 4.57. The molecule has 0 bridgehead atoms. The Bertz CT molecular complexity index is 551. The molecule has 2 aromatic rings. The molecule has 0 radical (unpaired) electrons. The van der Waals surface area contributed by atoms with Crippen molar-refractivity contribution in [3.05, 3.63) is 68.7 Å². The van der Waals surface area contributed by atoms with Crippen LogP contribution in [0, 0.1) is 0 Å². The lowest BCUT2D eigenvalue weighted by atomic mass is 9.99. The summed E-state index contributed by atoms with van der Waals surface area (Å²) in [4.78, 5) is 0. The first-order chi connectivity index (χ1) is 9.11. The Kier molecular flexibility index (Phi) is 5.03. The predicted octanol–water partition coefficient (Wildman–Crippen LogP) is 5.14. The minimum Gasteiger partial charge on any atom is -0.384 e. The number of aliphatic hydroxyl groups excluding tert-OH is 1. The molecule has 0 saturated carbocycles. The van der Waals surface area contributed by atoms with Crippen LogP contribution in [0.4, 0.5) is 0 Å². The molecule has 1 N–H and O–H groups in total. The van der Waals surface area contributed by atoms with Crippen LogP contribution < -0.4 is 0 Å². The van der Waals surface area contributed by atoms with Crippen molar-refractivity contribution in [2.24, 2.45) is 0 Å². The van der Waals surface area contributed by atoms with Crippen LogP contribution in [-0.4, -0.2) is 5.11 Å². The van der Waals surface area contributed by atoms with Gasteiger partial charge in [-0.3, -0.25) is 0 Å². The van der Waals surface area contributed by atoms with Crippen LogP contribution >= 0.6 is 27.5 Å². The van der Waals surface area contributed by atoms with Gasteiger partial charge in [-0.25, -0.2) is 0 Å². The van der Waals surface area contributed by atoms with Gasteiger partial charge in [-0.15, -0.1) is 0 Å². The molecule has 0 saturated heterocycles. The highest BCUT2D eigenvalue weighted by molar-refractivity contribution is 9.10. The normalized spacial score (nSPS) is 12.4. The van der Waals surface area contributed by atoms with Gasteiger partial charge in [0.05, 0.1) is 5.02 Å². The SMILES string of the molecule is CCCc1ccc(C(O)c2ccc(Cl)c(Br)c2)cc1. The summed E-state index contributed by atoms with van der Waals surface area (Å²) in [6.45, 7) is 2.16. The molecule has 1 atom stereocenters. The van der Waals surface area contributed by atoms with Crippen LogP contribution in [0.1, 0.15) is 36.1 Å². The van der Waals surface area contributed by atoms with E-state index in [1.807, 2.05) is 24.3 Å². The molecule has 0 aromatic heterocycles. The third-order valence-corrected chi connectivity index (χ3v) is 4.31. The zero-order chi connectivity index (χ0) is 13.8. The molecule has 1 nitrogen and oxygen atoms in total. The largest absolute Gasteiger partial charge is 0.384 e. The highest BCUT2D eigenvalue weighted by Gasteiger charge is 2.11. The molecule has 2 rings (SSSR count). The summed E-state index contributed by atoms with van der Waals surface area (Å²) >= 11 is 9.33. The van der Waals surface area contributed by atoms with Crippen LogP contribution in [0.15, 0.2) is 46.9 Å². The Hall–Kier alpha value is -0.830. The minimum absolute atomic E-state index is 0.621. The van der Waals surface area contributed by atoms with Crippen molar-refractivity contribution in [3.8, 4) is 0 Å². The van der Waals surface area contributed by atoms with E-state index in [1.165, 1.54) is 5.56 Å². The van der Waals surface area contributed by atoms with Crippen molar-refractivity contribution >= 4 is 27.5 Å². The molecule has 0 aliphatic rings. The first-order valence-electron chi connectivity index (χ1n) is 6.33. The van der Waals surface area contributed by atoms with E-state index in [0.29, 0.717) is 5.02 Å². The second-order valence-corrected chi connectivity index (χ2v) is 5.83. The second kappa shape index (κ2) is 6.56. The van der Waals surface area contributed by atoms with Crippen LogP contribution in [0.2, 0.25) is 5.02 Å². The van der Waals surface area contributed by atoms with E-state index in [-0.39, 0.29) is 0 Å². The average Bonchev–Trinajstić information content (AvgIpc) is 2.42. The van der Waals surface area contributed by atoms with E-state index in [9.17, 15) is 5.11 Å². The summed E-state index contributed by atoms with van der Waals surface area (Å²) in [6.07, 6.45) is 1.58. The number of hydrogen-bond donors (Lipinski definition) is 1. The van der Waals surface area contributed by atoms with Gasteiger partial charge in [0.1, 0.15) is 6.10 Å². The summed E-state index contributed by atoms with van der Waals surface area (Å²) < 4.78 is 0.799. The van der Waals surface area contributed by atoms with Crippen molar-refractivity contribution in [1.82, 2.24) is 0 Å². The molecule has 0 aliphatic heterocycles. The smallest absolute Gasteiger partial charge is 0.104 e. The highest BCUT2D eigenvalue weighted by atomic mass is 79.9. The standard InChI is InChI=1S/C16H16BrClO/c1-2-3-11-4-6-12(7-5-11)16(19)13-8-9-15(18)14(17)10-13/h4-10,16,19H,2-3H2,1H3. The van der Waals surface area contributed by atoms with Crippen LogP contribution in [0.5, 0.6) is 0 Å². The maximum atomic E-state index is 10.4. The molecule has 2 aromatic carbocycles. The lowest BCUT2D eigenvalue weighted by Crippen LogP contribution is -2.00. The molecular formula is C16H16BrClO. The number of aliphatic hydroxyl groups is 1. The van der Waals surface area contributed by atoms with E-state index in [0.717, 1.165) is 28.4 Å². The monoisotopic (exact) mass is 338 g/mol. The van der Waals surface area contributed by atoms with Gasteiger partial charge in [0.25, 0.3) is 0 Å². The molecule has 0 spiro atoms. The first kappa shape index (κ1) is 14.6. The molecule has 0 aliphatic carbocycles. The molecule has 0 amide bonds. The van der Waals surface area contributed by atoms with Crippen molar-refractivity contribution in [3.63, 3.8) is 0 Å². The minimum atomic E-state index is -0.621. The zero-order valence-electron chi connectivity index (χ0n) is 10.7. The molecule has 1 unspecified atom stereocenters. The van der Waals surface area contributed by atoms with Gasteiger partial charge in [-0.2, -0.15) is 0 Å². The van der Waals surface area contributed by atoms with Gasteiger partial charge in [0.2, 0.25) is 0 Å². The van der Waals surface area contributed by atoms with E-state index >= 15 is 0 Å². The average molecular weight is 340 g/mol. The van der Waals surface area contributed by atoms with Gasteiger partial charge in [-0.05, 0) is 51.2 Å². The first-order valence-corrected chi connectivity index (χ1v) is 7.50. The summed E-state index contributed by atoms with van der Waals surface area (Å²) in [5.74, 6) is 0. The lowest BCUT2D eigenvalue weighted by molar-refractivity contribution is 0.220. The maximum Gasteiger partial charge on any atom is 0.104 e. The molecule has 19 heavy (non-hydrogen) atoms. The van der Waals surface area contributed by atoms with Crippen LogP contribution in [0.3, 0.4) is 0 Å². The van der Waals surface area contributed by atoms with Gasteiger partial charge in [0.15, 0.2) is 0 Å². The fourth-order valence-corrected chi connectivity index (χ4v) is 2.54. The Morgan fingerprint density at radius 1 is 1.11 bits per heavy atom. The fraction of sp³-hybridized carbons (Fsp3) is 0.250. The van der Waals surface area contributed by atoms with Crippen molar-refractivity contribution in [2.75, 3.05) is 0 Å². The van der Waals surface area contributed by atoms with Crippen LogP contribution in [-0.2, 0) is 6.42 Å². The van der Waals surface area contributed by atoms with E-state index in [2.05, 4.69) is 35.0 Å². The fourth-order valence-electron chi connectivity index (χ4n) is 2.03. The number of aryl methyl sites for hydroxylation is 1. The van der Waals surface area contributed by atoms with E-state index < -0.39 is 6.10 Å². The van der Waals surface area contributed by atoms with E-state index in [1.54, 1.807) is 6.07 Å². The van der Waals surface area contributed by atoms with Crippen molar-refractivity contribution < 1.29 is 5.11 Å². The lowest BCUT2D eigenvalue weighted by Gasteiger charge is -2.13. The zero-order valence-corrected chi connectivity index (χ0v) is 13.1. The number of halogens is 2.